The molecule has 1 aromatic heterocycles. The Morgan fingerprint density at radius 1 is 1.15 bits per heavy atom. The molecule has 2 N–H and O–H groups in total. The van der Waals surface area contributed by atoms with Gasteiger partial charge in [-0.3, -0.25) is 9.89 Å². The number of carbonyl (C=O) groups excluding carboxylic acids is 2. The second-order valence-electron chi connectivity index (χ2n) is 5.64. The molecule has 1 heterocycles. The summed E-state index contributed by atoms with van der Waals surface area (Å²) in [7, 11) is 0. The molecule has 0 unspecified atom stereocenters. The molecule has 7 heteroatoms. The van der Waals surface area contributed by atoms with Crippen LogP contribution in [0.2, 0.25) is 0 Å². The van der Waals surface area contributed by atoms with Gasteiger partial charge in [0, 0.05) is 5.56 Å². The quantitative estimate of drug-likeness (QED) is 0.689. The van der Waals surface area contributed by atoms with Crippen molar-refractivity contribution in [2.75, 3.05) is 11.9 Å². The summed E-state index contributed by atoms with van der Waals surface area (Å²) >= 11 is 0. The average molecular weight is 353 g/mol. The van der Waals surface area contributed by atoms with Crippen LogP contribution in [0.4, 0.5) is 10.1 Å². The van der Waals surface area contributed by atoms with Crippen LogP contribution in [0.5, 0.6) is 0 Å². The molecular formula is C19H16FN3O3. The van der Waals surface area contributed by atoms with Crippen molar-refractivity contribution in [1.29, 1.82) is 0 Å². The van der Waals surface area contributed by atoms with E-state index < -0.39 is 24.3 Å². The van der Waals surface area contributed by atoms with Gasteiger partial charge in [0.05, 0.1) is 11.4 Å². The highest BCUT2D eigenvalue weighted by Crippen LogP contribution is 2.17. The number of rotatable bonds is 5. The number of halogens is 1. The highest BCUT2D eigenvalue weighted by molar-refractivity contribution is 5.95. The lowest BCUT2D eigenvalue weighted by Crippen LogP contribution is -2.21. The first-order valence-electron chi connectivity index (χ1n) is 7.87. The van der Waals surface area contributed by atoms with E-state index in [0.29, 0.717) is 5.69 Å². The minimum Gasteiger partial charge on any atom is -0.451 e. The minimum atomic E-state index is -0.723. The molecule has 0 spiro atoms. The summed E-state index contributed by atoms with van der Waals surface area (Å²) in [6, 6.07) is 15.3. The predicted molar refractivity (Wildman–Crippen MR) is 94.1 cm³/mol. The Kier molecular flexibility index (Phi) is 5.07. The van der Waals surface area contributed by atoms with Gasteiger partial charge in [-0.15, -0.1) is 0 Å². The van der Waals surface area contributed by atoms with Gasteiger partial charge >= 0.3 is 5.97 Å². The molecule has 0 aliphatic carbocycles. The van der Waals surface area contributed by atoms with Gasteiger partial charge in [0.15, 0.2) is 6.61 Å². The molecule has 0 fully saturated rings. The summed E-state index contributed by atoms with van der Waals surface area (Å²) in [5.74, 6) is -1.91. The third-order valence-corrected chi connectivity index (χ3v) is 3.60. The summed E-state index contributed by atoms with van der Waals surface area (Å²) in [4.78, 5) is 23.8. The van der Waals surface area contributed by atoms with E-state index in [9.17, 15) is 14.0 Å². The molecule has 26 heavy (non-hydrogen) atoms. The Morgan fingerprint density at radius 2 is 1.92 bits per heavy atom. The maximum Gasteiger partial charge on any atom is 0.356 e. The summed E-state index contributed by atoms with van der Waals surface area (Å²) in [5, 5.41) is 8.98. The minimum absolute atomic E-state index is 0.0320. The average Bonchev–Trinajstić information content (AvgIpc) is 3.13. The maximum atomic E-state index is 13.7. The third-order valence-electron chi connectivity index (χ3n) is 3.60. The SMILES string of the molecule is Cc1ccc(NC(=O)COC(=O)c2cc(-c3ccccc3)n[nH]2)c(F)c1. The monoisotopic (exact) mass is 353 g/mol. The summed E-state index contributed by atoms with van der Waals surface area (Å²) < 4.78 is 18.6. The van der Waals surface area contributed by atoms with Crippen molar-refractivity contribution in [2.24, 2.45) is 0 Å². The van der Waals surface area contributed by atoms with Crippen LogP contribution in [-0.4, -0.2) is 28.7 Å². The molecule has 132 valence electrons. The van der Waals surface area contributed by atoms with Crippen LogP contribution in [0.15, 0.2) is 54.6 Å². The lowest BCUT2D eigenvalue weighted by atomic mass is 10.1. The van der Waals surface area contributed by atoms with Crippen molar-refractivity contribution < 1.29 is 18.7 Å². The number of nitrogens with one attached hydrogen (secondary N) is 2. The molecule has 0 bridgehead atoms. The van der Waals surface area contributed by atoms with Crippen molar-refractivity contribution in [2.45, 2.75) is 6.92 Å². The van der Waals surface area contributed by atoms with E-state index in [4.69, 9.17) is 4.74 Å². The molecule has 1 amide bonds. The van der Waals surface area contributed by atoms with Gasteiger partial charge in [-0.2, -0.15) is 5.10 Å². The zero-order valence-electron chi connectivity index (χ0n) is 14.0. The zero-order chi connectivity index (χ0) is 18.5. The first kappa shape index (κ1) is 17.3. The smallest absolute Gasteiger partial charge is 0.356 e. The van der Waals surface area contributed by atoms with Gasteiger partial charge in [-0.1, -0.05) is 36.4 Å². The number of amides is 1. The van der Waals surface area contributed by atoms with Crippen LogP contribution in [0.3, 0.4) is 0 Å². The van der Waals surface area contributed by atoms with Crippen molar-refractivity contribution in [1.82, 2.24) is 10.2 Å². The second-order valence-corrected chi connectivity index (χ2v) is 5.64. The van der Waals surface area contributed by atoms with E-state index in [1.807, 2.05) is 30.3 Å². The molecule has 0 aliphatic rings. The molecular weight excluding hydrogens is 337 g/mol. The van der Waals surface area contributed by atoms with E-state index in [1.54, 1.807) is 13.0 Å². The fourth-order valence-electron chi connectivity index (χ4n) is 2.30. The lowest BCUT2D eigenvalue weighted by molar-refractivity contribution is -0.119. The first-order chi connectivity index (χ1) is 12.5. The molecule has 0 saturated heterocycles. The largest absolute Gasteiger partial charge is 0.451 e. The standard InChI is InChI=1S/C19H16FN3O3/c1-12-7-8-15(14(20)9-12)21-18(24)11-26-19(25)17-10-16(22-23-17)13-5-3-2-4-6-13/h2-10H,11H2,1H3,(H,21,24)(H,22,23). The van der Waals surface area contributed by atoms with E-state index in [-0.39, 0.29) is 11.4 Å². The molecule has 0 radical (unpaired) electrons. The molecule has 6 nitrogen and oxygen atoms in total. The molecule has 2 aromatic carbocycles. The van der Waals surface area contributed by atoms with E-state index in [1.165, 1.54) is 18.2 Å². The van der Waals surface area contributed by atoms with E-state index in [0.717, 1.165) is 11.1 Å². The number of H-pyrrole nitrogens is 1. The number of hydrogen-bond donors (Lipinski definition) is 2. The number of nitrogens with zero attached hydrogens (tertiary/aromatic N) is 1. The van der Waals surface area contributed by atoms with Gasteiger partial charge in [-0.05, 0) is 30.7 Å². The molecule has 3 rings (SSSR count). The lowest BCUT2D eigenvalue weighted by Gasteiger charge is -2.07. The van der Waals surface area contributed by atoms with Crippen LogP contribution >= 0.6 is 0 Å². The van der Waals surface area contributed by atoms with Gasteiger partial charge in [0.2, 0.25) is 0 Å². The van der Waals surface area contributed by atoms with Crippen molar-refractivity contribution in [3.05, 3.63) is 71.7 Å². The number of aryl methyl sites for hydroxylation is 1. The highest BCUT2D eigenvalue weighted by Gasteiger charge is 2.15. The van der Waals surface area contributed by atoms with Crippen LogP contribution in [0, 0.1) is 12.7 Å². The number of aromatic amines is 1. The second kappa shape index (κ2) is 7.60. The summed E-state index contributed by atoms with van der Waals surface area (Å²) in [6.45, 7) is 1.20. The topological polar surface area (TPSA) is 84.1 Å². The number of carbonyl (C=O) groups is 2. The Morgan fingerprint density at radius 3 is 2.65 bits per heavy atom. The molecule has 0 saturated carbocycles. The summed E-state index contributed by atoms with van der Waals surface area (Å²) in [5.41, 5.74) is 2.32. The number of aromatic nitrogens is 2. The maximum absolute atomic E-state index is 13.7. The zero-order valence-corrected chi connectivity index (χ0v) is 14.0. The molecule has 0 atom stereocenters. The van der Waals surface area contributed by atoms with Crippen LogP contribution < -0.4 is 5.32 Å². The number of esters is 1. The number of anilines is 1. The van der Waals surface area contributed by atoms with Gasteiger partial charge < -0.3 is 10.1 Å². The van der Waals surface area contributed by atoms with E-state index in [2.05, 4.69) is 15.5 Å². The van der Waals surface area contributed by atoms with E-state index >= 15 is 0 Å². The Hall–Kier alpha value is -3.48. The van der Waals surface area contributed by atoms with Crippen LogP contribution in [-0.2, 0) is 9.53 Å². The van der Waals surface area contributed by atoms with Crippen molar-refractivity contribution in [3.63, 3.8) is 0 Å². The molecule has 0 aliphatic heterocycles. The van der Waals surface area contributed by atoms with Crippen LogP contribution in [0.1, 0.15) is 16.1 Å². The normalized spacial score (nSPS) is 10.4. The highest BCUT2D eigenvalue weighted by atomic mass is 19.1. The third kappa shape index (κ3) is 4.13. The first-order valence-corrected chi connectivity index (χ1v) is 7.87. The predicted octanol–water partition coefficient (Wildman–Crippen LogP) is 3.32. The number of ether oxygens (including phenoxy) is 1. The van der Waals surface area contributed by atoms with Gasteiger partial charge in [0.1, 0.15) is 11.5 Å². The van der Waals surface area contributed by atoms with Crippen molar-refractivity contribution >= 4 is 17.6 Å². The Balaban J connectivity index is 1.57. The van der Waals surface area contributed by atoms with Gasteiger partial charge in [-0.25, -0.2) is 9.18 Å². The number of hydrogen-bond acceptors (Lipinski definition) is 4. The molecule has 3 aromatic rings. The fraction of sp³-hybridized carbons (Fsp3) is 0.105. The number of benzene rings is 2. The summed E-state index contributed by atoms with van der Waals surface area (Å²) in [6.07, 6.45) is 0. The fourth-order valence-corrected chi connectivity index (χ4v) is 2.30. The Bertz CT molecular complexity index is 938. The van der Waals surface area contributed by atoms with Crippen molar-refractivity contribution in [3.8, 4) is 11.3 Å². The van der Waals surface area contributed by atoms with Crippen LogP contribution in [0.25, 0.3) is 11.3 Å². The van der Waals surface area contributed by atoms with Gasteiger partial charge in [0.25, 0.3) is 5.91 Å². The Labute approximate surface area is 149 Å².